The van der Waals surface area contributed by atoms with Crippen molar-refractivity contribution in [2.75, 3.05) is 11.9 Å². The molecular weight excluding hydrogens is 519 g/mol. The third-order valence-electron chi connectivity index (χ3n) is 5.21. The maximum absolute atomic E-state index is 13.3. The molecule has 4 rings (SSSR count). The lowest BCUT2D eigenvalue weighted by atomic mass is 9.95. The second-order valence-electron chi connectivity index (χ2n) is 7.32. The Morgan fingerprint density at radius 3 is 2.65 bits per heavy atom. The Labute approximate surface area is 203 Å². The number of nitrogens with zero attached hydrogens (tertiary/aromatic N) is 1. The highest BCUT2D eigenvalue weighted by Crippen LogP contribution is 2.38. The van der Waals surface area contributed by atoms with Crippen molar-refractivity contribution in [1.29, 1.82) is 0 Å². The molecule has 8 heteroatoms. The van der Waals surface area contributed by atoms with Crippen molar-refractivity contribution < 1.29 is 9.59 Å². The maximum Gasteiger partial charge on any atom is 0.244 e. The van der Waals surface area contributed by atoms with E-state index in [0.29, 0.717) is 27.9 Å². The molecule has 0 saturated carbocycles. The molecule has 2 heterocycles. The van der Waals surface area contributed by atoms with E-state index in [2.05, 4.69) is 21.2 Å². The summed E-state index contributed by atoms with van der Waals surface area (Å²) in [6, 6.07) is 17.0. The van der Waals surface area contributed by atoms with Gasteiger partial charge in [0.2, 0.25) is 11.8 Å². The summed E-state index contributed by atoms with van der Waals surface area (Å²) < 4.78 is 2.19. The van der Waals surface area contributed by atoms with Crippen LogP contribution in [0.25, 0.3) is 0 Å². The SMILES string of the molecule is O=C1CN(C(=O)CCCc2cc(Cl)sc2Cl)C(c2ccccc2)c2cc(Br)ccc2N1. The van der Waals surface area contributed by atoms with Gasteiger partial charge in [0.05, 0.1) is 14.7 Å². The van der Waals surface area contributed by atoms with Crippen LogP contribution in [-0.2, 0) is 16.0 Å². The van der Waals surface area contributed by atoms with Crippen LogP contribution in [0.4, 0.5) is 5.69 Å². The Kier molecular flexibility index (Phi) is 7.02. The number of carbonyl (C=O) groups is 2. The minimum Gasteiger partial charge on any atom is -0.324 e. The van der Waals surface area contributed by atoms with Gasteiger partial charge in [-0.25, -0.2) is 0 Å². The summed E-state index contributed by atoms with van der Waals surface area (Å²) in [7, 11) is 0. The fourth-order valence-corrected chi connectivity index (χ4v) is 5.75. The summed E-state index contributed by atoms with van der Waals surface area (Å²) in [6.07, 6.45) is 1.59. The summed E-state index contributed by atoms with van der Waals surface area (Å²) in [5.41, 5.74) is 3.51. The van der Waals surface area contributed by atoms with Gasteiger partial charge in [-0.1, -0.05) is 69.5 Å². The molecule has 3 aromatic rings. The standard InChI is InChI=1S/C23H19BrCl2N2O2S/c24-16-9-10-18-17(12-16)22(14-5-2-1-3-6-14)28(13-20(29)27-18)21(30)8-4-7-15-11-19(25)31-23(15)26/h1-3,5-6,9-12,22H,4,7-8,13H2,(H,27,29). The maximum atomic E-state index is 13.3. The minimum atomic E-state index is -0.362. The molecule has 1 aromatic heterocycles. The van der Waals surface area contributed by atoms with E-state index < -0.39 is 0 Å². The molecule has 0 bridgehead atoms. The Morgan fingerprint density at radius 1 is 1.16 bits per heavy atom. The number of hydrogen-bond acceptors (Lipinski definition) is 3. The number of aryl methyl sites for hydroxylation is 1. The van der Waals surface area contributed by atoms with E-state index >= 15 is 0 Å². The second-order valence-corrected chi connectivity index (χ2v) is 10.5. The first-order valence-electron chi connectivity index (χ1n) is 9.80. The molecule has 160 valence electrons. The van der Waals surface area contributed by atoms with Crippen molar-refractivity contribution in [3.05, 3.63) is 84.4 Å². The second kappa shape index (κ2) is 9.74. The molecule has 0 aliphatic carbocycles. The molecule has 4 nitrogen and oxygen atoms in total. The van der Waals surface area contributed by atoms with Crippen molar-refractivity contribution >= 4 is 68.0 Å². The van der Waals surface area contributed by atoms with E-state index in [-0.39, 0.29) is 24.4 Å². The Hall–Kier alpha value is -1.86. The lowest BCUT2D eigenvalue weighted by molar-refractivity contribution is -0.136. The van der Waals surface area contributed by atoms with Crippen LogP contribution in [0.1, 0.15) is 35.6 Å². The predicted molar refractivity (Wildman–Crippen MR) is 130 cm³/mol. The number of hydrogen-bond donors (Lipinski definition) is 1. The molecule has 1 aliphatic rings. The first-order chi connectivity index (χ1) is 14.9. The number of amides is 2. The summed E-state index contributed by atoms with van der Waals surface area (Å²) in [5.74, 6) is -0.280. The van der Waals surface area contributed by atoms with Gasteiger partial charge in [0.25, 0.3) is 0 Å². The number of halogens is 3. The highest BCUT2D eigenvalue weighted by Gasteiger charge is 2.33. The van der Waals surface area contributed by atoms with Crippen LogP contribution < -0.4 is 5.32 Å². The molecule has 1 atom stereocenters. The minimum absolute atomic E-state index is 0.00424. The third kappa shape index (κ3) is 5.14. The number of benzene rings is 2. The summed E-state index contributed by atoms with van der Waals surface area (Å²) in [6.45, 7) is -0.00424. The predicted octanol–water partition coefficient (Wildman–Crippen LogP) is 6.71. The molecular formula is C23H19BrCl2N2O2S. The third-order valence-corrected chi connectivity index (χ3v) is 7.27. The van der Waals surface area contributed by atoms with Gasteiger partial charge in [-0.05, 0) is 48.2 Å². The van der Waals surface area contributed by atoms with E-state index in [9.17, 15) is 9.59 Å². The Balaban J connectivity index is 1.62. The van der Waals surface area contributed by atoms with E-state index in [0.717, 1.165) is 26.9 Å². The van der Waals surface area contributed by atoms with Gasteiger partial charge in [0, 0.05) is 22.1 Å². The summed E-state index contributed by atoms with van der Waals surface area (Å²) in [5, 5.41) is 2.94. The topological polar surface area (TPSA) is 49.4 Å². The van der Waals surface area contributed by atoms with Crippen LogP contribution in [0.2, 0.25) is 8.67 Å². The lowest BCUT2D eigenvalue weighted by Gasteiger charge is -2.31. The zero-order valence-corrected chi connectivity index (χ0v) is 20.3. The van der Waals surface area contributed by atoms with Crippen molar-refractivity contribution in [1.82, 2.24) is 4.90 Å². The van der Waals surface area contributed by atoms with Crippen LogP contribution in [-0.4, -0.2) is 23.3 Å². The molecule has 0 spiro atoms. The van der Waals surface area contributed by atoms with Gasteiger partial charge in [-0.2, -0.15) is 0 Å². The first-order valence-corrected chi connectivity index (χ1v) is 12.2. The van der Waals surface area contributed by atoms with Crippen LogP contribution in [0, 0.1) is 0 Å². The van der Waals surface area contributed by atoms with Crippen LogP contribution >= 0.6 is 50.5 Å². The Morgan fingerprint density at radius 2 is 1.94 bits per heavy atom. The quantitative estimate of drug-likeness (QED) is 0.393. The molecule has 2 amide bonds. The highest BCUT2D eigenvalue weighted by molar-refractivity contribution is 9.10. The molecule has 1 unspecified atom stereocenters. The monoisotopic (exact) mass is 536 g/mol. The van der Waals surface area contributed by atoms with Gasteiger partial charge in [-0.15, -0.1) is 11.3 Å². The normalized spacial score (nSPS) is 15.9. The number of anilines is 1. The lowest BCUT2D eigenvalue weighted by Crippen LogP contribution is -2.38. The van der Waals surface area contributed by atoms with Crippen molar-refractivity contribution in [2.45, 2.75) is 25.3 Å². The van der Waals surface area contributed by atoms with Crippen LogP contribution in [0.3, 0.4) is 0 Å². The average molecular weight is 538 g/mol. The molecule has 0 saturated heterocycles. The highest BCUT2D eigenvalue weighted by atomic mass is 79.9. The van der Waals surface area contributed by atoms with E-state index in [1.807, 2.05) is 54.6 Å². The van der Waals surface area contributed by atoms with Crippen molar-refractivity contribution in [3.8, 4) is 0 Å². The largest absolute Gasteiger partial charge is 0.324 e. The fraction of sp³-hybridized carbons (Fsp3) is 0.217. The smallest absolute Gasteiger partial charge is 0.244 e. The van der Waals surface area contributed by atoms with Gasteiger partial charge in [0.1, 0.15) is 6.54 Å². The van der Waals surface area contributed by atoms with Crippen LogP contribution in [0.15, 0.2) is 59.1 Å². The fourth-order valence-electron chi connectivity index (χ4n) is 3.82. The molecule has 0 radical (unpaired) electrons. The van der Waals surface area contributed by atoms with Crippen molar-refractivity contribution in [2.24, 2.45) is 0 Å². The number of rotatable bonds is 5. The van der Waals surface area contributed by atoms with E-state index in [1.165, 1.54) is 11.3 Å². The number of carbonyl (C=O) groups excluding carboxylic acids is 2. The molecule has 1 N–H and O–H groups in total. The zero-order valence-electron chi connectivity index (χ0n) is 16.4. The van der Waals surface area contributed by atoms with Gasteiger partial charge in [-0.3, -0.25) is 9.59 Å². The molecule has 31 heavy (non-hydrogen) atoms. The number of thiophene rings is 1. The Bertz CT molecular complexity index is 1120. The summed E-state index contributed by atoms with van der Waals surface area (Å²) >= 11 is 17.1. The zero-order chi connectivity index (χ0) is 22.0. The van der Waals surface area contributed by atoms with E-state index in [4.69, 9.17) is 23.2 Å². The molecule has 0 fully saturated rings. The van der Waals surface area contributed by atoms with Crippen molar-refractivity contribution in [3.63, 3.8) is 0 Å². The molecule has 1 aliphatic heterocycles. The van der Waals surface area contributed by atoms with Crippen LogP contribution in [0.5, 0.6) is 0 Å². The van der Waals surface area contributed by atoms with Gasteiger partial charge < -0.3 is 10.2 Å². The summed E-state index contributed by atoms with van der Waals surface area (Å²) in [4.78, 5) is 27.6. The average Bonchev–Trinajstić information content (AvgIpc) is 2.98. The van der Waals surface area contributed by atoms with Gasteiger partial charge in [0.15, 0.2) is 0 Å². The van der Waals surface area contributed by atoms with Gasteiger partial charge >= 0.3 is 0 Å². The molecule has 2 aromatic carbocycles. The first kappa shape index (κ1) is 22.3. The number of fused-ring (bicyclic) bond motifs is 1. The number of nitrogens with one attached hydrogen (secondary N) is 1. The van der Waals surface area contributed by atoms with E-state index in [1.54, 1.807) is 4.90 Å².